The minimum Gasteiger partial charge on any atom is -0.477 e. The third-order valence-electron chi connectivity index (χ3n) is 2.69. The first-order valence-electron chi connectivity index (χ1n) is 5.06. The van der Waals surface area contributed by atoms with Crippen molar-refractivity contribution in [3.63, 3.8) is 0 Å². The van der Waals surface area contributed by atoms with Gasteiger partial charge in [-0.05, 0) is 24.1 Å². The van der Waals surface area contributed by atoms with E-state index in [1.807, 2.05) is 37.3 Å². The van der Waals surface area contributed by atoms with Gasteiger partial charge in [-0.1, -0.05) is 30.3 Å². The average molecular weight is 215 g/mol. The molecular formula is C13H13NO2. The molecule has 0 fully saturated rings. The Morgan fingerprint density at radius 2 is 1.88 bits per heavy atom. The van der Waals surface area contributed by atoms with Crippen LogP contribution in [0, 0.1) is 6.92 Å². The van der Waals surface area contributed by atoms with Crippen LogP contribution >= 0.6 is 0 Å². The molecule has 0 aliphatic rings. The van der Waals surface area contributed by atoms with Crippen molar-refractivity contribution in [2.75, 3.05) is 0 Å². The van der Waals surface area contributed by atoms with E-state index in [2.05, 4.69) is 0 Å². The van der Waals surface area contributed by atoms with Crippen LogP contribution in [-0.2, 0) is 7.05 Å². The fourth-order valence-electron chi connectivity index (χ4n) is 1.98. The summed E-state index contributed by atoms with van der Waals surface area (Å²) in [5.41, 5.74) is 3.29. The minimum atomic E-state index is -0.896. The average Bonchev–Trinajstić information content (AvgIpc) is 2.56. The molecule has 82 valence electrons. The van der Waals surface area contributed by atoms with Gasteiger partial charge in [0.25, 0.3) is 0 Å². The molecule has 0 amide bonds. The van der Waals surface area contributed by atoms with E-state index < -0.39 is 5.97 Å². The number of rotatable bonds is 2. The third kappa shape index (κ3) is 1.60. The summed E-state index contributed by atoms with van der Waals surface area (Å²) in [7, 11) is 1.78. The lowest BCUT2D eigenvalue weighted by atomic mass is 10.1. The first-order valence-corrected chi connectivity index (χ1v) is 5.06. The largest absolute Gasteiger partial charge is 0.477 e. The van der Waals surface area contributed by atoms with Gasteiger partial charge in [0, 0.05) is 7.05 Å². The van der Waals surface area contributed by atoms with Crippen molar-refractivity contribution in [2.24, 2.45) is 7.05 Å². The van der Waals surface area contributed by atoms with Crippen molar-refractivity contribution < 1.29 is 9.90 Å². The third-order valence-corrected chi connectivity index (χ3v) is 2.69. The summed E-state index contributed by atoms with van der Waals surface area (Å²) in [5.74, 6) is -0.896. The topological polar surface area (TPSA) is 42.2 Å². The molecule has 0 saturated heterocycles. The second kappa shape index (κ2) is 3.85. The van der Waals surface area contributed by atoms with Crippen LogP contribution in [0.3, 0.4) is 0 Å². The van der Waals surface area contributed by atoms with Gasteiger partial charge < -0.3 is 9.67 Å². The van der Waals surface area contributed by atoms with E-state index in [4.69, 9.17) is 5.11 Å². The van der Waals surface area contributed by atoms with Crippen LogP contribution in [0.5, 0.6) is 0 Å². The van der Waals surface area contributed by atoms with Crippen LogP contribution in [-0.4, -0.2) is 15.6 Å². The number of carboxylic acids is 1. The van der Waals surface area contributed by atoms with E-state index >= 15 is 0 Å². The van der Waals surface area contributed by atoms with Crippen LogP contribution in [0.4, 0.5) is 0 Å². The molecule has 1 N–H and O–H groups in total. The molecule has 1 aromatic heterocycles. The maximum absolute atomic E-state index is 11.0. The van der Waals surface area contributed by atoms with Crippen LogP contribution in [0.15, 0.2) is 36.4 Å². The zero-order chi connectivity index (χ0) is 11.7. The first kappa shape index (κ1) is 10.5. The molecule has 3 heteroatoms. The lowest BCUT2D eigenvalue weighted by molar-refractivity contribution is 0.0686. The zero-order valence-electron chi connectivity index (χ0n) is 9.27. The highest BCUT2D eigenvalue weighted by Crippen LogP contribution is 2.25. The van der Waals surface area contributed by atoms with Gasteiger partial charge in [-0.2, -0.15) is 0 Å². The predicted molar refractivity (Wildman–Crippen MR) is 62.5 cm³/mol. The minimum absolute atomic E-state index is 0.316. The molecule has 2 aromatic rings. The van der Waals surface area contributed by atoms with Crippen molar-refractivity contribution in [3.8, 4) is 11.3 Å². The molecule has 16 heavy (non-hydrogen) atoms. The second-order valence-electron chi connectivity index (χ2n) is 3.79. The monoisotopic (exact) mass is 215 g/mol. The fraction of sp³-hybridized carbons (Fsp3) is 0.154. The van der Waals surface area contributed by atoms with Crippen LogP contribution in [0.2, 0.25) is 0 Å². The van der Waals surface area contributed by atoms with Gasteiger partial charge in [0.05, 0.1) is 5.69 Å². The summed E-state index contributed by atoms with van der Waals surface area (Å²) in [6.07, 6.45) is 0. The van der Waals surface area contributed by atoms with Gasteiger partial charge in [-0.3, -0.25) is 0 Å². The van der Waals surface area contributed by atoms with Gasteiger partial charge in [0.1, 0.15) is 5.69 Å². The Hall–Kier alpha value is -2.03. The molecule has 0 radical (unpaired) electrons. The van der Waals surface area contributed by atoms with Crippen molar-refractivity contribution in [2.45, 2.75) is 6.92 Å². The van der Waals surface area contributed by atoms with E-state index in [9.17, 15) is 4.79 Å². The Balaban J connectivity index is 2.63. The number of aromatic nitrogens is 1. The summed E-state index contributed by atoms with van der Waals surface area (Å²) in [6.45, 7) is 1.93. The SMILES string of the molecule is Cc1cc(C(=O)O)n(C)c1-c1ccccc1. The van der Waals surface area contributed by atoms with E-state index in [1.165, 1.54) is 0 Å². The van der Waals surface area contributed by atoms with Crippen molar-refractivity contribution in [3.05, 3.63) is 47.7 Å². The van der Waals surface area contributed by atoms with E-state index in [-0.39, 0.29) is 0 Å². The molecule has 0 bridgehead atoms. The maximum Gasteiger partial charge on any atom is 0.352 e. The number of hydrogen-bond donors (Lipinski definition) is 1. The Kier molecular flexibility index (Phi) is 2.52. The Morgan fingerprint density at radius 1 is 1.25 bits per heavy atom. The quantitative estimate of drug-likeness (QED) is 0.836. The first-order chi connectivity index (χ1) is 7.61. The maximum atomic E-state index is 11.0. The van der Waals surface area contributed by atoms with Gasteiger partial charge >= 0.3 is 5.97 Å². The standard InChI is InChI=1S/C13H13NO2/c1-9-8-11(13(15)16)14(2)12(9)10-6-4-3-5-7-10/h3-8H,1-2H3,(H,15,16). The van der Waals surface area contributed by atoms with E-state index in [0.717, 1.165) is 16.8 Å². The molecule has 1 aromatic carbocycles. The smallest absolute Gasteiger partial charge is 0.352 e. The summed E-state index contributed by atoms with van der Waals surface area (Å²) in [4.78, 5) is 11.0. The molecule has 2 rings (SSSR count). The predicted octanol–water partition coefficient (Wildman–Crippen LogP) is 2.70. The number of carboxylic acid groups (broad SMARTS) is 1. The molecule has 0 saturated carbocycles. The molecular weight excluding hydrogens is 202 g/mol. The number of hydrogen-bond acceptors (Lipinski definition) is 1. The molecule has 0 atom stereocenters. The van der Waals surface area contributed by atoms with E-state index in [0.29, 0.717) is 5.69 Å². The Morgan fingerprint density at radius 3 is 2.38 bits per heavy atom. The molecule has 1 heterocycles. The lowest BCUT2D eigenvalue weighted by Gasteiger charge is -2.06. The summed E-state index contributed by atoms with van der Waals surface area (Å²) in [6, 6.07) is 11.5. The van der Waals surface area contributed by atoms with Crippen molar-refractivity contribution in [1.82, 2.24) is 4.57 Å². The Bertz CT molecular complexity index is 526. The number of aryl methyl sites for hydroxylation is 1. The molecule has 0 unspecified atom stereocenters. The summed E-state index contributed by atoms with van der Waals surface area (Å²) >= 11 is 0. The van der Waals surface area contributed by atoms with Crippen LogP contribution in [0.25, 0.3) is 11.3 Å². The molecule has 0 aliphatic heterocycles. The molecule has 3 nitrogen and oxygen atoms in total. The molecule has 0 aliphatic carbocycles. The van der Waals surface area contributed by atoms with Gasteiger partial charge in [-0.15, -0.1) is 0 Å². The number of carbonyl (C=O) groups is 1. The number of nitrogens with zero attached hydrogens (tertiary/aromatic N) is 1. The normalized spacial score (nSPS) is 10.4. The summed E-state index contributed by atoms with van der Waals surface area (Å²) < 4.78 is 1.72. The highest BCUT2D eigenvalue weighted by molar-refractivity contribution is 5.88. The highest BCUT2D eigenvalue weighted by Gasteiger charge is 2.15. The zero-order valence-corrected chi connectivity index (χ0v) is 9.27. The van der Waals surface area contributed by atoms with Gasteiger partial charge in [-0.25, -0.2) is 4.79 Å². The van der Waals surface area contributed by atoms with E-state index in [1.54, 1.807) is 17.7 Å². The number of aromatic carboxylic acids is 1. The number of benzene rings is 1. The van der Waals surface area contributed by atoms with Crippen molar-refractivity contribution in [1.29, 1.82) is 0 Å². The highest BCUT2D eigenvalue weighted by atomic mass is 16.4. The van der Waals surface area contributed by atoms with Crippen LogP contribution in [0.1, 0.15) is 16.1 Å². The summed E-state index contributed by atoms with van der Waals surface area (Å²) in [5, 5.41) is 9.03. The molecule has 0 spiro atoms. The Labute approximate surface area is 94.0 Å². The lowest BCUT2D eigenvalue weighted by Crippen LogP contribution is -2.05. The van der Waals surface area contributed by atoms with Crippen LogP contribution < -0.4 is 0 Å². The fourth-order valence-corrected chi connectivity index (χ4v) is 1.98. The van der Waals surface area contributed by atoms with Crippen molar-refractivity contribution >= 4 is 5.97 Å². The van der Waals surface area contributed by atoms with Gasteiger partial charge in [0.2, 0.25) is 0 Å². The second-order valence-corrected chi connectivity index (χ2v) is 3.79. The van der Waals surface area contributed by atoms with Gasteiger partial charge in [0.15, 0.2) is 0 Å².